The zero-order valence-electron chi connectivity index (χ0n) is 10.9. The molecule has 0 saturated heterocycles. The van der Waals surface area contributed by atoms with Crippen LogP contribution in [0.2, 0.25) is 5.02 Å². The van der Waals surface area contributed by atoms with E-state index in [9.17, 15) is 5.11 Å². The van der Waals surface area contributed by atoms with Crippen molar-refractivity contribution in [1.82, 2.24) is 5.43 Å². The Morgan fingerprint density at radius 3 is 2.60 bits per heavy atom. The van der Waals surface area contributed by atoms with Crippen LogP contribution in [0.1, 0.15) is 11.1 Å². The lowest BCUT2D eigenvalue weighted by Gasteiger charge is -2.32. The molecule has 2 aromatic carbocycles. The molecule has 2 N–H and O–H groups in total. The number of aliphatic hydroxyl groups is 1. The minimum atomic E-state index is -0.0457. The van der Waals surface area contributed by atoms with E-state index in [0.717, 1.165) is 16.9 Å². The van der Waals surface area contributed by atoms with Gasteiger partial charge in [0.15, 0.2) is 0 Å². The first kappa shape index (κ1) is 13.0. The van der Waals surface area contributed by atoms with Crippen molar-refractivity contribution < 1.29 is 5.11 Å². The highest BCUT2D eigenvalue weighted by Gasteiger charge is 2.19. The molecule has 1 aliphatic rings. The standard InChI is InChI=1S/C16H15ClN2O/c17-15-7-4-8-16-14(15)9-13(11-20)18-19(16)10-12-5-2-1-3-6-12/h1-9,18,20H,10-11H2. The van der Waals surface area contributed by atoms with Crippen LogP contribution in [-0.2, 0) is 6.54 Å². The molecule has 3 nitrogen and oxygen atoms in total. The van der Waals surface area contributed by atoms with Gasteiger partial charge in [-0.25, -0.2) is 0 Å². The molecule has 0 fully saturated rings. The van der Waals surface area contributed by atoms with Crippen LogP contribution in [0, 0.1) is 0 Å². The number of hydrogen-bond acceptors (Lipinski definition) is 3. The summed E-state index contributed by atoms with van der Waals surface area (Å²) in [7, 11) is 0. The maximum Gasteiger partial charge on any atom is 0.0846 e. The number of nitrogens with one attached hydrogen (secondary N) is 1. The van der Waals surface area contributed by atoms with E-state index in [-0.39, 0.29) is 6.61 Å². The predicted octanol–water partition coefficient (Wildman–Crippen LogP) is 3.20. The van der Waals surface area contributed by atoms with E-state index in [0.29, 0.717) is 11.6 Å². The highest BCUT2D eigenvalue weighted by molar-refractivity contribution is 6.32. The number of hydrazine groups is 1. The van der Waals surface area contributed by atoms with Crippen LogP contribution >= 0.6 is 11.6 Å². The van der Waals surface area contributed by atoms with Gasteiger partial charge in [-0.05, 0) is 23.8 Å². The quantitative estimate of drug-likeness (QED) is 0.909. The number of aliphatic hydroxyl groups excluding tert-OH is 1. The second-order valence-electron chi connectivity index (χ2n) is 4.68. The third-order valence-corrected chi connectivity index (χ3v) is 3.60. The molecule has 0 atom stereocenters. The van der Waals surface area contributed by atoms with E-state index >= 15 is 0 Å². The van der Waals surface area contributed by atoms with Gasteiger partial charge in [-0.3, -0.25) is 10.4 Å². The second kappa shape index (κ2) is 5.57. The molecule has 0 aromatic heterocycles. The molecule has 1 heterocycles. The first-order chi connectivity index (χ1) is 9.78. The smallest absolute Gasteiger partial charge is 0.0846 e. The van der Waals surface area contributed by atoms with Crippen molar-refractivity contribution in [3.63, 3.8) is 0 Å². The summed E-state index contributed by atoms with van der Waals surface area (Å²) >= 11 is 6.25. The Bertz CT molecular complexity index is 640. The molecule has 3 rings (SSSR count). The number of hydrogen-bond donors (Lipinski definition) is 2. The van der Waals surface area contributed by atoms with Gasteiger partial charge in [0, 0.05) is 5.56 Å². The highest BCUT2D eigenvalue weighted by atomic mass is 35.5. The third-order valence-electron chi connectivity index (χ3n) is 3.27. The van der Waals surface area contributed by atoms with Crippen LogP contribution in [0.15, 0.2) is 54.2 Å². The number of rotatable bonds is 3. The van der Waals surface area contributed by atoms with E-state index in [1.807, 2.05) is 47.5 Å². The Morgan fingerprint density at radius 1 is 1.05 bits per heavy atom. The van der Waals surface area contributed by atoms with E-state index in [4.69, 9.17) is 11.6 Å². The monoisotopic (exact) mass is 286 g/mol. The third kappa shape index (κ3) is 2.50. The van der Waals surface area contributed by atoms with Gasteiger partial charge in [-0.1, -0.05) is 48.0 Å². The van der Waals surface area contributed by atoms with Gasteiger partial charge < -0.3 is 5.11 Å². The topological polar surface area (TPSA) is 35.5 Å². The van der Waals surface area contributed by atoms with Crippen LogP contribution < -0.4 is 10.4 Å². The van der Waals surface area contributed by atoms with E-state index in [2.05, 4.69) is 17.6 Å². The Balaban J connectivity index is 1.97. The summed E-state index contributed by atoms with van der Waals surface area (Å²) in [6.07, 6.45) is 1.89. The van der Waals surface area contributed by atoms with Gasteiger partial charge in [-0.2, -0.15) is 0 Å². The fraction of sp³-hybridized carbons (Fsp3) is 0.125. The lowest BCUT2D eigenvalue weighted by atomic mass is 10.1. The van der Waals surface area contributed by atoms with Gasteiger partial charge in [-0.15, -0.1) is 0 Å². The van der Waals surface area contributed by atoms with Crippen molar-refractivity contribution in [2.75, 3.05) is 11.6 Å². The Hall–Kier alpha value is -1.97. The summed E-state index contributed by atoms with van der Waals surface area (Å²) in [4.78, 5) is 0. The number of halogens is 1. The van der Waals surface area contributed by atoms with Crippen molar-refractivity contribution in [2.24, 2.45) is 0 Å². The molecule has 0 unspecified atom stereocenters. The van der Waals surface area contributed by atoms with Crippen molar-refractivity contribution >= 4 is 23.4 Å². The summed E-state index contributed by atoms with van der Waals surface area (Å²) in [5, 5.41) is 12.1. The zero-order valence-corrected chi connectivity index (χ0v) is 11.6. The van der Waals surface area contributed by atoms with Gasteiger partial charge in [0.1, 0.15) is 0 Å². The molecular weight excluding hydrogens is 272 g/mol. The molecule has 1 aliphatic heterocycles. The normalized spacial score (nSPS) is 13.5. The molecule has 0 amide bonds. The molecule has 2 aromatic rings. The number of benzene rings is 2. The Kier molecular flexibility index (Phi) is 3.63. The lowest BCUT2D eigenvalue weighted by Crippen LogP contribution is -2.40. The summed E-state index contributed by atoms with van der Waals surface area (Å²) in [5.74, 6) is 0. The van der Waals surface area contributed by atoms with Crippen LogP contribution in [0.4, 0.5) is 5.69 Å². The molecule has 0 aliphatic carbocycles. The highest BCUT2D eigenvalue weighted by Crippen LogP contribution is 2.32. The molecule has 0 radical (unpaired) electrons. The van der Waals surface area contributed by atoms with Crippen LogP contribution in [0.3, 0.4) is 0 Å². The second-order valence-corrected chi connectivity index (χ2v) is 5.09. The maximum atomic E-state index is 9.39. The van der Waals surface area contributed by atoms with Crippen molar-refractivity contribution in [1.29, 1.82) is 0 Å². The molecule has 0 spiro atoms. The number of fused-ring (bicyclic) bond motifs is 1. The van der Waals surface area contributed by atoms with Gasteiger partial charge in [0.05, 0.1) is 29.6 Å². The molecular formula is C16H15ClN2O. The average molecular weight is 287 g/mol. The SMILES string of the molecule is OCC1=Cc2c(Cl)cccc2N(Cc2ccccc2)N1. The zero-order chi connectivity index (χ0) is 13.9. The van der Waals surface area contributed by atoms with E-state index < -0.39 is 0 Å². The summed E-state index contributed by atoms with van der Waals surface area (Å²) < 4.78 is 0. The van der Waals surface area contributed by atoms with Crippen LogP contribution in [-0.4, -0.2) is 11.7 Å². The summed E-state index contributed by atoms with van der Waals surface area (Å²) in [6, 6.07) is 16.0. The molecule has 0 saturated carbocycles. The number of nitrogens with zero attached hydrogens (tertiary/aromatic N) is 1. The molecule has 0 bridgehead atoms. The first-order valence-corrected chi connectivity index (χ1v) is 6.84. The van der Waals surface area contributed by atoms with E-state index in [1.165, 1.54) is 5.56 Å². The van der Waals surface area contributed by atoms with Crippen LogP contribution in [0.5, 0.6) is 0 Å². The number of anilines is 1. The Labute approximate surface area is 123 Å². The summed E-state index contributed by atoms with van der Waals surface area (Å²) in [6.45, 7) is 0.654. The van der Waals surface area contributed by atoms with Gasteiger partial charge in [0.2, 0.25) is 0 Å². The van der Waals surface area contributed by atoms with Gasteiger partial charge >= 0.3 is 0 Å². The lowest BCUT2D eigenvalue weighted by molar-refractivity contribution is 0.320. The molecule has 4 heteroatoms. The average Bonchev–Trinajstić information content (AvgIpc) is 2.49. The largest absolute Gasteiger partial charge is 0.390 e. The Morgan fingerprint density at radius 2 is 1.85 bits per heavy atom. The minimum absolute atomic E-state index is 0.0457. The van der Waals surface area contributed by atoms with Crippen LogP contribution in [0.25, 0.3) is 6.08 Å². The van der Waals surface area contributed by atoms with Crippen molar-refractivity contribution in [3.05, 3.63) is 70.4 Å². The van der Waals surface area contributed by atoms with Crippen molar-refractivity contribution in [3.8, 4) is 0 Å². The van der Waals surface area contributed by atoms with Gasteiger partial charge in [0.25, 0.3) is 0 Å². The van der Waals surface area contributed by atoms with Crippen molar-refractivity contribution in [2.45, 2.75) is 6.54 Å². The molecule has 20 heavy (non-hydrogen) atoms. The summed E-state index contributed by atoms with van der Waals surface area (Å²) in [5.41, 5.74) is 7.09. The fourth-order valence-corrected chi connectivity index (χ4v) is 2.54. The van der Waals surface area contributed by atoms with E-state index in [1.54, 1.807) is 0 Å². The maximum absolute atomic E-state index is 9.39. The minimum Gasteiger partial charge on any atom is -0.390 e. The predicted molar refractivity (Wildman–Crippen MR) is 82.3 cm³/mol. The first-order valence-electron chi connectivity index (χ1n) is 6.46. The fourth-order valence-electron chi connectivity index (χ4n) is 2.32. The molecule has 102 valence electrons.